The van der Waals surface area contributed by atoms with E-state index in [1.54, 1.807) is 12.1 Å². The van der Waals surface area contributed by atoms with Gasteiger partial charge in [-0.1, -0.05) is 19.1 Å². The molecule has 1 N–H and O–H groups in total. The minimum Gasteiger partial charge on any atom is -0.327 e. The Morgan fingerprint density at radius 1 is 1.39 bits per heavy atom. The molecule has 0 saturated heterocycles. The highest BCUT2D eigenvalue weighted by Crippen LogP contribution is 2.11. The number of aryl methyl sites for hydroxylation is 1. The van der Waals surface area contributed by atoms with Gasteiger partial charge < -0.3 is 9.88 Å². The number of halogens is 1. The molecule has 0 bridgehead atoms. The molecular weight excluding hydrogens is 229 g/mol. The van der Waals surface area contributed by atoms with Gasteiger partial charge >= 0.3 is 0 Å². The average molecular weight is 247 g/mol. The molecule has 0 aliphatic carbocycles. The molecule has 0 aliphatic heterocycles. The van der Waals surface area contributed by atoms with Gasteiger partial charge in [-0.3, -0.25) is 0 Å². The highest BCUT2D eigenvalue weighted by atomic mass is 19.1. The fourth-order valence-electron chi connectivity index (χ4n) is 1.94. The Balaban J connectivity index is 2.20. The Bertz CT molecular complexity index is 520. The van der Waals surface area contributed by atoms with Crippen LogP contribution in [-0.2, 0) is 13.1 Å². The molecule has 96 valence electrons. The molecule has 18 heavy (non-hydrogen) atoms. The van der Waals surface area contributed by atoms with E-state index in [9.17, 15) is 4.39 Å². The largest absolute Gasteiger partial charge is 0.327 e. The summed E-state index contributed by atoms with van der Waals surface area (Å²) in [6.45, 7) is 6.40. The number of hydrogen-bond acceptors (Lipinski definition) is 2. The Kier molecular flexibility index (Phi) is 4.10. The van der Waals surface area contributed by atoms with Crippen molar-refractivity contribution in [3.05, 3.63) is 53.4 Å². The molecule has 0 aliphatic rings. The molecule has 1 aromatic carbocycles. The van der Waals surface area contributed by atoms with Crippen LogP contribution in [0, 0.1) is 12.7 Å². The van der Waals surface area contributed by atoms with Crippen LogP contribution in [-0.4, -0.2) is 16.1 Å². The second-order valence-electron chi connectivity index (χ2n) is 4.29. The van der Waals surface area contributed by atoms with Crippen LogP contribution >= 0.6 is 0 Å². The predicted molar refractivity (Wildman–Crippen MR) is 69.8 cm³/mol. The van der Waals surface area contributed by atoms with E-state index in [1.807, 2.05) is 19.2 Å². The van der Waals surface area contributed by atoms with Crippen LogP contribution in [0.2, 0.25) is 0 Å². The second-order valence-corrected chi connectivity index (χ2v) is 4.29. The third-order valence-corrected chi connectivity index (χ3v) is 2.92. The van der Waals surface area contributed by atoms with Crippen LogP contribution in [0.5, 0.6) is 0 Å². The van der Waals surface area contributed by atoms with Gasteiger partial charge in [0.25, 0.3) is 0 Å². The third-order valence-electron chi connectivity index (χ3n) is 2.92. The quantitative estimate of drug-likeness (QED) is 0.879. The number of aromatic nitrogens is 2. The van der Waals surface area contributed by atoms with Gasteiger partial charge in [0.05, 0.1) is 5.69 Å². The Labute approximate surface area is 107 Å². The Morgan fingerprint density at radius 3 is 2.94 bits per heavy atom. The summed E-state index contributed by atoms with van der Waals surface area (Å²) < 4.78 is 15.3. The van der Waals surface area contributed by atoms with Gasteiger partial charge in [-0.05, 0) is 31.2 Å². The average Bonchev–Trinajstić information content (AvgIpc) is 2.69. The SMILES string of the molecule is CCNCc1cnc(C)n1Cc1cccc(F)c1. The van der Waals surface area contributed by atoms with Gasteiger partial charge in [0.15, 0.2) is 0 Å². The zero-order valence-corrected chi connectivity index (χ0v) is 10.8. The lowest BCUT2D eigenvalue weighted by molar-refractivity contribution is 0.617. The van der Waals surface area contributed by atoms with Crippen molar-refractivity contribution in [2.24, 2.45) is 0 Å². The van der Waals surface area contributed by atoms with Crippen LogP contribution in [0.15, 0.2) is 30.5 Å². The van der Waals surface area contributed by atoms with Crippen molar-refractivity contribution in [1.29, 1.82) is 0 Å². The van der Waals surface area contributed by atoms with Crippen LogP contribution in [0.1, 0.15) is 24.0 Å². The monoisotopic (exact) mass is 247 g/mol. The van der Waals surface area contributed by atoms with Crippen molar-refractivity contribution in [3.63, 3.8) is 0 Å². The van der Waals surface area contributed by atoms with Crippen molar-refractivity contribution in [3.8, 4) is 0 Å². The molecule has 2 rings (SSSR count). The van der Waals surface area contributed by atoms with E-state index >= 15 is 0 Å². The molecule has 0 atom stereocenters. The van der Waals surface area contributed by atoms with Crippen LogP contribution in [0.3, 0.4) is 0 Å². The second kappa shape index (κ2) is 5.78. The molecule has 0 unspecified atom stereocenters. The summed E-state index contributed by atoms with van der Waals surface area (Å²) >= 11 is 0. The first-order valence-electron chi connectivity index (χ1n) is 6.17. The topological polar surface area (TPSA) is 29.9 Å². The summed E-state index contributed by atoms with van der Waals surface area (Å²) in [7, 11) is 0. The van der Waals surface area contributed by atoms with Crippen molar-refractivity contribution in [2.75, 3.05) is 6.54 Å². The number of nitrogens with zero attached hydrogens (tertiary/aromatic N) is 2. The van der Waals surface area contributed by atoms with Crippen LogP contribution < -0.4 is 5.32 Å². The van der Waals surface area contributed by atoms with E-state index in [1.165, 1.54) is 6.07 Å². The van der Waals surface area contributed by atoms with Crippen molar-refractivity contribution >= 4 is 0 Å². The number of benzene rings is 1. The highest BCUT2D eigenvalue weighted by Gasteiger charge is 2.07. The molecule has 1 aromatic heterocycles. The molecule has 0 fully saturated rings. The molecule has 3 nitrogen and oxygen atoms in total. The third kappa shape index (κ3) is 2.96. The molecular formula is C14H18FN3. The van der Waals surface area contributed by atoms with E-state index in [2.05, 4.69) is 21.8 Å². The Hall–Kier alpha value is -1.68. The lowest BCUT2D eigenvalue weighted by Gasteiger charge is -2.11. The van der Waals surface area contributed by atoms with Gasteiger partial charge in [-0.25, -0.2) is 9.37 Å². The molecule has 0 spiro atoms. The summed E-state index contributed by atoms with van der Waals surface area (Å²) in [5.41, 5.74) is 2.08. The van der Waals surface area contributed by atoms with Crippen LogP contribution in [0.25, 0.3) is 0 Å². The number of imidazole rings is 1. The van der Waals surface area contributed by atoms with Gasteiger partial charge in [-0.15, -0.1) is 0 Å². The van der Waals surface area contributed by atoms with Crippen molar-refractivity contribution < 1.29 is 4.39 Å². The fourth-order valence-corrected chi connectivity index (χ4v) is 1.94. The normalized spacial score (nSPS) is 10.8. The zero-order valence-electron chi connectivity index (χ0n) is 10.8. The summed E-state index contributed by atoms with van der Waals surface area (Å²) in [4.78, 5) is 4.32. The first-order valence-corrected chi connectivity index (χ1v) is 6.17. The van der Waals surface area contributed by atoms with Gasteiger partial charge in [-0.2, -0.15) is 0 Å². The molecule has 0 amide bonds. The number of rotatable bonds is 5. The van der Waals surface area contributed by atoms with Crippen molar-refractivity contribution in [1.82, 2.24) is 14.9 Å². The van der Waals surface area contributed by atoms with Crippen molar-refractivity contribution in [2.45, 2.75) is 26.9 Å². The Morgan fingerprint density at radius 2 is 2.22 bits per heavy atom. The van der Waals surface area contributed by atoms with Gasteiger partial charge in [0.1, 0.15) is 11.6 Å². The standard InChI is InChI=1S/C14H18FN3/c1-3-16-8-14-9-17-11(2)18(14)10-12-5-4-6-13(15)7-12/h4-7,9,16H,3,8,10H2,1-2H3. The first kappa shape index (κ1) is 12.8. The minimum atomic E-state index is -0.196. The number of hydrogen-bond donors (Lipinski definition) is 1. The van der Waals surface area contributed by atoms with E-state index in [-0.39, 0.29) is 5.82 Å². The molecule has 2 aromatic rings. The predicted octanol–water partition coefficient (Wildman–Crippen LogP) is 2.49. The lowest BCUT2D eigenvalue weighted by Crippen LogP contribution is -2.16. The maximum atomic E-state index is 13.2. The van der Waals surface area contributed by atoms with E-state index in [0.29, 0.717) is 6.54 Å². The van der Waals surface area contributed by atoms with Gasteiger partial charge in [0.2, 0.25) is 0 Å². The highest BCUT2D eigenvalue weighted by molar-refractivity contribution is 5.18. The minimum absolute atomic E-state index is 0.196. The fraction of sp³-hybridized carbons (Fsp3) is 0.357. The van der Waals surface area contributed by atoms with Crippen LogP contribution in [0.4, 0.5) is 4.39 Å². The summed E-state index contributed by atoms with van der Waals surface area (Å²) in [5, 5.41) is 3.28. The summed E-state index contributed by atoms with van der Waals surface area (Å²) in [6.07, 6.45) is 1.87. The summed E-state index contributed by atoms with van der Waals surface area (Å²) in [5.74, 6) is 0.755. The first-order chi connectivity index (χ1) is 8.70. The summed E-state index contributed by atoms with van der Waals surface area (Å²) in [6, 6.07) is 6.70. The molecule has 4 heteroatoms. The maximum Gasteiger partial charge on any atom is 0.123 e. The van der Waals surface area contributed by atoms with E-state index in [4.69, 9.17) is 0 Å². The van der Waals surface area contributed by atoms with Gasteiger partial charge in [0, 0.05) is 19.3 Å². The van der Waals surface area contributed by atoms with E-state index in [0.717, 1.165) is 30.2 Å². The smallest absolute Gasteiger partial charge is 0.123 e. The maximum absolute atomic E-state index is 13.2. The zero-order chi connectivity index (χ0) is 13.0. The lowest BCUT2D eigenvalue weighted by atomic mass is 10.2. The molecule has 1 heterocycles. The molecule has 0 saturated carbocycles. The molecule has 0 radical (unpaired) electrons. The van der Waals surface area contributed by atoms with E-state index < -0.39 is 0 Å². The number of nitrogens with one attached hydrogen (secondary N) is 1.